The SMILES string of the molecule is Cc1ccc(C(N)c2ccc3[nH]c4ccccc4c3c2)cc1. The molecule has 4 aromatic rings. The molecule has 0 bridgehead atoms. The van der Waals surface area contributed by atoms with Gasteiger partial charge in [-0.25, -0.2) is 0 Å². The summed E-state index contributed by atoms with van der Waals surface area (Å²) in [4.78, 5) is 3.45. The van der Waals surface area contributed by atoms with Gasteiger partial charge in [-0.2, -0.15) is 0 Å². The van der Waals surface area contributed by atoms with Crippen LogP contribution >= 0.6 is 0 Å². The molecule has 2 heteroatoms. The molecular formula is C20H18N2. The fraction of sp³-hybridized carbons (Fsp3) is 0.100. The normalized spacial score (nSPS) is 12.8. The van der Waals surface area contributed by atoms with Gasteiger partial charge in [0.15, 0.2) is 0 Å². The van der Waals surface area contributed by atoms with Crippen LogP contribution in [0.25, 0.3) is 21.8 Å². The average molecular weight is 286 g/mol. The van der Waals surface area contributed by atoms with Gasteiger partial charge in [0.2, 0.25) is 0 Å². The molecule has 0 saturated carbocycles. The zero-order chi connectivity index (χ0) is 15.1. The van der Waals surface area contributed by atoms with E-state index >= 15 is 0 Å². The number of aromatic nitrogens is 1. The number of rotatable bonds is 2. The first kappa shape index (κ1) is 13.1. The molecule has 0 radical (unpaired) electrons. The van der Waals surface area contributed by atoms with Gasteiger partial charge in [-0.1, -0.05) is 54.1 Å². The second-order valence-electron chi connectivity index (χ2n) is 5.86. The summed E-state index contributed by atoms with van der Waals surface area (Å²) in [5.41, 5.74) is 12.3. The van der Waals surface area contributed by atoms with Crippen molar-refractivity contribution in [3.63, 3.8) is 0 Å². The van der Waals surface area contributed by atoms with Crippen LogP contribution in [-0.4, -0.2) is 4.98 Å². The second-order valence-corrected chi connectivity index (χ2v) is 5.86. The third kappa shape index (κ3) is 2.09. The van der Waals surface area contributed by atoms with Crippen molar-refractivity contribution in [2.75, 3.05) is 0 Å². The molecule has 1 unspecified atom stereocenters. The maximum absolute atomic E-state index is 6.46. The Morgan fingerprint density at radius 2 is 1.45 bits per heavy atom. The number of nitrogens with two attached hydrogens (primary N) is 1. The Labute approximate surface area is 129 Å². The molecule has 108 valence electrons. The zero-order valence-corrected chi connectivity index (χ0v) is 12.5. The second kappa shape index (κ2) is 5.00. The third-order valence-corrected chi connectivity index (χ3v) is 4.33. The molecule has 0 spiro atoms. The van der Waals surface area contributed by atoms with Crippen molar-refractivity contribution in [3.8, 4) is 0 Å². The Bertz CT molecular complexity index is 948. The molecule has 0 amide bonds. The van der Waals surface area contributed by atoms with E-state index in [0.717, 1.165) is 16.6 Å². The van der Waals surface area contributed by atoms with Gasteiger partial charge in [0, 0.05) is 21.8 Å². The minimum atomic E-state index is -0.0985. The monoisotopic (exact) mass is 286 g/mol. The number of para-hydroxylation sites is 1. The largest absolute Gasteiger partial charge is 0.355 e. The summed E-state index contributed by atoms with van der Waals surface area (Å²) in [5.74, 6) is 0. The number of hydrogen-bond donors (Lipinski definition) is 2. The number of H-pyrrole nitrogens is 1. The van der Waals surface area contributed by atoms with E-state index in [1.54, 1.807) is 0 Å². The van der Waals surface area contributed by atoms with Crippen molar-refractivity contribution in [2.45, 2.75) is 13.0 Å². The molecule has 4 rings (SSSR count). The minimum Gasteiger partial charge on any atom is -0.355 e. The van der Waals surface area contributed by atoms with Gasteiger partial charge in [-0.15, -0.1) is 0 Å². The molecule has 0 aliphatic heterocycles. The van der Waals surface area contributed by atoms with Crippen LogP contribution in [0.15, 0.2) is 66.7 Å². The molecule has 2 nitrogen and oxygen atoms in total. The predicted molar refractivity (Wildman–Crippen MR) is 93.0 cm³/mol. The summed E-state index contributed by atoms with van der Waals surface area (Å²) in [6.45, 7) is 2.09. The van der Waals surface area contributed by atoms with Gasteiger partial charge in [0.1, 0.15) is 0 Å². The molecule has 1 aromatic heterocycles. The number of benzene rings is 3. The lowest BCUT2D eigenvalue weighted by atomic mass is 9.97. The Morgan fingerprint density at radius 1 is 0.773 bits per heavy atom. The van der Waals surface area contributed by atoms with E-state index in [0.29, 0.717) is 0 Å². The van der Waals surface area contributed by atoms with Crippen LogP contribution in [0.2, 0.25) is 0 Å². The molecule has 3 aromatic carbocycles. The van der Waals surface area contributed by atoms with Crippen LogP contribution < -0.4 is 5.73 Å². The summed E-state index contributed by atoms with van der Waals surface area (Å²) in [7, 11) is 0. The summed E-state index contributed by atoms with van der Waals surface area (Å²) in [6.07, 6.45) is 0. The van der Waals surface area contributed by atoms with Gasteiger partial charge in [0.25, 0.3) is 0 Å². The van der Waals surface area contributed by atoms with Crippen molar-refractivity contribution in [1.29, 1.82) is 0 Å². The van der Waals surface area contributed by atoms with E-state index in [2.05, 4.69) is 78.6 Å². The highest BCUT2D eigenvalue weighted by molar-refractivity contribution is 6.07. The molecular weight excluding hydrogens is 268 g/mol. The highest BCUT2D eigenvalue weighted by atomic mass is 14.7. The van der Waals surface area contributed by atoms with Crippen LogP contribution in [0.5, 0.6) is 0 Å². The summed E-state index contributed by atoms with van der Waals surface area (Å²) < 4.78 is 0. The smallest absolute Gasteiger partial charge is 0.0551 e. The van der Waals surface area contributed by atoms with Crippen LogP contribution in [-0.2, 0) is 0 Å². The van der Waals surface area contributed by atoms with Gasteiger partial charge >= 0.3 is 0 Å². The molecule has 22 heavy (non-hydrogen) atoms. The number of hydrogen-bond acceptors (Lipinski definition) is 1. The summed E-state index contributed by atoms with van der Waals surface area (Å²) >= 11 is 0. The van der Waals surface area contributed by atoms with Gasteiger partial charge in [0.05, 0.1) is 6.04 Å². The zero-order valence-electron chi connectivity index (χ0n) is 12.5. The van der Waals surface area contributed by atoms with Crippen molar-refractivity contribution < 1.29 is 0 Å². The lowest BCUT2D eigenvalue weighted by Gasteiger charge is -2.13. The van der Waals surface area contributed by atoms with Crippen molar-refractivity contribution in [3.05, 3.63) is 83.4 Å². The van der Waals surface area contributed by atoms with E-state index in [4.69, 9.17) is 5.73 Å². The highest BCUT2D eigenvalue weighted by Crippen LogP contribution is 2.29. The van der Waals surface area contributed by atoms with Crippen LogP contribution in [0.4, 0.5) is 0 Å². The first-order valence-corrected chi connectivity index (χ1v) is 7.55. The topological polar surface area (TPSA) is 41.8 Å². The van der Waals surface area contributed by atoms with Crippen LogP contribution in [0.3, 0.4) is 0 Å². The maximum atomic E-state index is 6.46. The number of fused-ring (bicyclic) bond motifs is 3. The first-order chi connectivity index (χ1) is 10.7. The number of aryl methyl sites for hydroxylation is 1. The standard InChI is InChI=1S/C20H18N2/c1-13-6-8-14(9-7-13)20(21)15-10-11-19-17(12-15)16-4-2-3-5-18(16)22-19/h2-12,20,22H,21H2,1H3. The van der Waals surface area contributed by atoms with E-state index in [1.807, 2.05) is 0 Å². The van der Waals surface area contributed by atoms with Crippen molar-refractivity contribution >= 4 is 21.8 Å². The van der Waals surface area contributed by atoms with Crippen LogP contribution in [0.1, 0.15) is 22.7 Å². The Morgan fingerprint density at radius 3 is 2.27 bits per heavy atom. The first-order valence-electron chi connectivity index (χ1n) is 7.55. The van der Waals surface area contributed by atoms with E-state index in [-0.39, 0.29) is 6.04 Å². The Kier molecular flexibility index (Phi) is 2.98. The predicted octanol–water partition coefficient (Wildman–Crippen LogP) is 4.68. The molecule has 3 N–H and O–H groups in total. The fourth-order valence-electron chi connectivity index (χ4n) is 3.03. The summed E-state index contributed by atoms with van der Waals surface area (Å²) in [6, 6.07) is 23.2. The fourth-order valence-corrected chi connectivity index (χ4v) is 3.03. The lowest BCUT2D eigenvalue weighted by molar-refractivity contribution is 0.873. The van der Waals surface area contributed by atoms with Crippen LogP contribution in [0, 0.1) is 6.92 Å². The maximum Gasteiger partial charge on any atom is 0.0551 e. The lowest BCUT2D eigenvalue weighted by Crippen LogP contribution is -2.11. The molecule has 0 aliphatic carbocycles. The number of nitrogens with one attached hydrogen (secondary N) is 1. The Balaban J connectivity index is 1.84. The third-order valence-electron chi connectivity index (χ3n) is 4.33. The molecule has 1 heterocycles. The van der Waals surface area contributed by atoms with Gasteiger partial charge in [-0.3, -0.25) is 0 Å². The molecule has 0 saturated heterocycles. The molecule has 1 atom stereocenters. The Hall–Kier alpha value is -2.58. The van der Waals surface area contributed by atoms with E-state index in [1.165, 1.54) is 21.9 Å². The molecule has 0 fully saturated rings. The number of aromatic amines is 1. The van der Waals surface area contributed by atoms with Crippen molar-refractivity contribution in [1.82, 2.24) is 4.98 Å². The van der Waals surface area contributed by atoms with Gasteiger partial charge < -0.3 is 10.7 Å². The van der Waals surface area contributed by atoms with E-state index in [9.17, 15) is 0 Å². The van der Waals surface area contributed by atoms with E-state index < -0.39 is 0 Å². The minimum absolute atomic E-state index is 0.0985. The van der Waals surface area contributed by atoms with Gasteiger partial charge in [-0.05, 0) is 36.2 Å². The summed E-state index contributed by atoms with van der Waals surface area (Å²) in [5, 5.41) is 2.48. The average Bonchev–Trinajstić information content (AvgIpc) is 2.92. The molecule has 0 aliphatic rings. The quantitative estimate of drug-likeness (QED) is 0.552. The van der Waals surface area contributed by atoms with Crippen molar-refractivity contribution in [2.24, 2.45) is 5.73 Å². The highest BCUT2D eigenvalue weighted by Gasteiger charge is 2.11.